The Labute approximate surface area is 169 Å². The zero-order valence-corrected chi connectivity index (χ0v) is 17.2. The number of benzene rings is 1. The van der Waals surface area contributed by atoms with Gasteiger partial charge in [-0.05, 0) is 20.8 Å². The number of carbonyl (C=O) groups is 4. The molecule has 2 rings (SSSR count). The average Bonchev–Trinajstić information content (AvgIpc) is 2.94. The van der Waals surface area contributed by atoms with Gasteiger partial charge in [-0.3, -0.25) is 19.2 Å². The van der Waals surface area contributed by atoms with Crippen LogP contribution in [-0.2, 0) is 33.3 Å². The van der Waals surface area contributed by atoms with Gasteiger partial charge in [-0.1, -0.05) is 30.3 Å². The van der Waals surface area contributed by atoms with Gasteiger partial charge in [0.15, 0.2) is 11.9 Å². The topological polar surface area (TPSA) is 105 Å². The summed E-state index contributed by atoms with van der Waals surface area (Å²) in [5, 5.41) is 0. The largest absolute Gasteiger partial charge is 0.462 e. The van der Waals surface area contributed by atoms with Gasteiger partial charge in [-0.25, -0.2) is 0 Å². The van der Waals surface area contributed by atoms with Crippen molar-refractivity contribution < 1.29 is 38.1 Å². The Hall–Kier alpha value is -2.74. The molecule has 1 saturated heterocycles. The van der Waals surface area contributed by atoms with Crippen LogP contribution in [-0.4, -0.2) is 48.8 Å². The highest BCUT2D eigenvalue weighted by molar-refractivity contribution is 5.99. The Morgan fingerprint density at radius 1 is 0.966 bits per heavy atom. The second-order valence-corrected chi connectivity index (χ2v) is 7.83. The smallest absolute Gasteiger partial charge is 0.311 e. The molecule has 1 aliphatic rings. The van der Waals surface area contributed by atoms with E-state index in [4.69, 9.17) is 18.9 Å². The lowest BCUT2D eigenvalue weighted by molar-refractivity contribution is -0.197. The highest BCUT2D eigenvalue weighted by Crippen LogP contribution is 2.34. The van der Waals surface area contributed by atoms with Gasteiger partial charge in [0.05, 0.1) is 11.3 Å². The molecule has 158 valence electrons. The van der Waals surface area contributed by atoms with Crippen molar-refractivity contribution in [3.8, 4) is 0 Å². The summed E-state index contributed by atoms with van der Waals surface area (Å²) in [6, 6.07) is 8.38. The van der Waals surface area contributed by atoms with Gasteiger partial charge < -0.3 is 18.9 Å². The Balaban J connectivity index is 2.34. The zero-order chi connectivity index (χ0) is 21.8. The Morgan fingerprint density at radius 3 is 2.07 bits per heavy atom. The van der Waals surface area contributed by atoms with Gasteiger partial charge >= 0.3 is 17.9 Å². The molecule has 4 atom stereocenters. The number of esters is 3. The molecule has 0 saturated carbocycles. The van der Waals surface area contributed by atoms with E-state index in [1.807, 2.05) is 0 Å². The van der Waals surface area contributed by atoms with E-state index < -0.39 is 47.7 Å². The molecule has 0 N–H and O–H groups in total. The summed E-state index contributed by atoms with van der Waals surface area (Å²) in [5.41, 5.74) is -0.379. The molecule has 8 heteroatoms. The molecule has 29 heavy (non-hydrogen) atoms. The van der Waals surface area contributed by atoms with Gasteiger partial charge in [0.2, 0.25) is 6.29 Å². The van der Waals surface area contributed by atoms with Crippen molar-refractivity contribution >= 4 is 23.7 Å². The van der Waals surface area contributed by atoms with Crippen molar-refractivity contribution in [2.45, 2.75) is 53.1 Å². The molecule has 0 unspecified atom stereocenters. The van der Waals surface area contributed by atoms with E-state index in [-0.39, 0.29) is 12.4 Å². The molecule has 1 aromatic carbocycles. The minimum atomic E-state index is -1.28. The summed E-state index contributed by atoms with van der Waals surface area (Å²) >= 11 is 0. The van der Waals surface area contributed by atoms with Gasteiger partial charge in [0.1, 0.15) is 12.7 Å². The van der Waals surface area contributed by atoms with Crippen LogP contribution in [0.15, 0.2) is 30.3 Å². The molecule has 0 radical (unpaired) electrons. The number of carbonyl (C=O) groups excluding carboxylic acids is 4. The molecular formula is C21H26O8. The maximum absolute atomic E-state index is 13.2. The fourth-order valence-electron chi connectivity index (χ4n) is 2.92. The molecule has 0 aliphatic carbocycles. The molecule has 0 amide bonds. The minimum Gasteiger partial charge on any atom is -0.462 e. The van der Waals surface area contributed by atoms with Crippen LogP contribution in [0.25, 0.3) is 0 Å². The minimum absolute atomic E-state index is 0.255. The molecule has 1 aromatic rings. The molecular weight excluding hydrogens is 380 g/mol. The van der Waals surface area contributed by atoms with Crippen LogP contribution in [0.2, 0.25) is 0 Å². The molecule has 1 fully saturated rings. The lowest BCUT2D eigenvalue weighted by atomic mass is 9.89. The van der Waals surface area contributed by atoms with E-state index in [0.29, 0.717) is 5.56 Å². The maximum Gasteiger partial charge on any atom is 0.311 e. The van der Waals surface area contributed by atoms with Crippen LogP contribution >= 0.6 is 0 Å². The van der Waals surface area contributed by atoms with Crippen molar-refractivity contribution in [2.75, 3.05) is 6.61 Å². The second-order valence-electron chi connectivity index (χ2n) is 7.83. The normalized spacial score (nSPS) is 23.9. The van der Waals surface area contributed by atoms with Gasteiger partial charge in [-0.2, -0.15) is 0 Å². The molecule has 0 bridgehead atoms. The third kappa shape index (κ3) is 5.87. The van der Waals surface area contributed by atoms with E-state index in [9.17, 15) is 19.2 Å². The summed E-state index contributed by atoms with van der Waals surface area (Å²) in [7, 11) is 0. The van der Waals surface area contributed by atoms with Crippen molar-refractivity contribution in [3.05, 3.63) is 35.9 Å². The fraction of sp³-hybridized carbons (Fsp3) is 0.524. The third-order valence-electron chi connectivity index (χ3n) is 4.27. The Morgan fingerprint density at radius 2 is 1.55 bits per heavy atom. The number of hydrogen-bond acceptors (Lipinski definition) is 8. The van der Waals surface area contributed by atoms with Crippen LogP contribution < -0.4 is 0 Å². The van der Waals surface area contributed by atoms with Crippen LogP contribution in [0.5, 0.6) is 0 Å². The van der Waals surface area contributed by atoms with E-state index in [2.05, 4.69) is 0 Å². The van der Waals surface area contributed by atoms with Crippen molar-refractivity contribution in [3.63, 3.8) is 0 Å². The number of rotatable bonds is 6. The van der Waals surface area contributed by atoms with E-state index in [0.717, 1.165) is 0 Å². The summed E-state index contributed by atoms with van der Waals surface area (Å²) in [5.74, 6) is -3.19. The lowest BCUT2D eigenvalue weighted by Crippen LogP contribution is -2.40. The lowest BCUT2D eigenvalue weighted by Gasteiger charge is -2.23. The first-order valence-corrected chi connectivity index (χ1v) is 9.27. The van der Waals surface area contributed by atoms with Crippen molar-refractivity contribution in [1.82, 2.24) is 0 Å². The number of hydrogen-bond donors (Lipinski definition) is 0. The number of ketones is 1. The first-order chi connectivity index (χ1) is 13.5. The van der Waals surface area contributed by atoms with Gasteiger partial charge in [0.25, 0.3) is 0 Å². The highest BCUT2D eigenvalue weighted by Gasteiger charge is 2.53. The van der Waals surface area contributed by atoms with Crippen molar-refractivity contribution in [1.29, 1.82) is 0 Å². The van der Waals surface area contributed by atoms with Crippen molar-refractivity contribution in [2.24, 2.45) is 11.3 Å². The average molecular weight is 406 g/mol. The monoisotopic (exact) mass is 406 g/mol. The molecule has 8 nitrogen and oxygen atoms in total. The number of Topliss-reactive ketones (excluding diaryl/α,β-unsaturated/α-hetero) is 1. The van der Waals surface area contributed by atoms with E-state index >= 15 is 0 Å². The predicted octanol–water partition coefficient (Wildman–Crippen LogP) is 2.29. The van der Waals surface area contributed by atoms with E-state index in [1.165, 1.54) is 13.8 Å². The zero-order valence-electron chi connectivity index (χ0n) is 17.2. The predicted molar refractivity (Wildman–Crippen MR) is 101 cm³/mol. The Bertz CT molecular complexity index is 765. The summed E-state index contributed by atoms with van der Waals surface area (Å²) < 4.78 is 21.4. The van der Waals surface area contributed by atoms with Crippen LogP contribution in [0.1, 0.15) is 45.0 Å². The van der Waals surface area contributed by atoms with Gasteiger partial charge in [0, 0.05) is 19.4 Å². The second kappa shape index (κ2) is 9.17. The Kier molecular flexibility index (Phi) is 7.13. The maximum atomic E-state index is 13.2. The molecule has 0 spiro atoms. The van der Waals surface area contributed by atoms with Crippen LogP contribution in [0, 0.1) is 11.3 Å². The summed E-state index contributed by atoms with van der Waals surface area (Å²) in [4.78, 5) is 48.4. The summed E-state index contributed by atoms with van der Waals surface area (Å²) in [6.45, 7) is 7.19. The van der Waals surface area contributed by atoms with Crippen LogP contribution in [0.3, 0.4) is 0 Å². The standard InChI is InChI=1S/C21H26O8/c1-12(22)27-18-16(17(24)14-9-7-6-8-10-14)15(29-19(18)28-13(2)23)11-26-20(25)21(3,4)5/h6-10,15-16,18-19H,11H2,1-5H3/t15-,16-,18-,19+/m1/s1. The molecule has 1 aliphatic heterocycles. The first kappa shape index (κ1) is 22.5. The van der Waals surface area contributed by atoms with E-state index in [1.54, 1.807) is 51.1 Å². The number of ether oxygens (including phenoxy) is 4. The molecule has 0 aromatic heterocycles. The van der Waals surface area contributed by atoms with Crippen LogP contribution in [0.4, 0.5) is 0 Å². The van der Waals surface area contributed by atoms with Gasteiger partial charge in [-0.15, -0.1) is 0 Å². The highest BCUT2D eigenvalue weighted by atomic mass is 16.7. The fourth-order valence-corrected chi connectivity index (χ4v) is 2.92. The summed E-state index contributed by atoms with van der Waals surface area (Å²) in [6.07, 6.45) is -3.41. The SMILES string of the molecule is CC(=O)O[C@H]1O[C@H](COC(=O)C(C)(C)C)[C@H](C(=O)c2ccccc2)[C@H]1OC(C)=O. The quantitative estimate of drug-likeness (QED) is 0.403. The third-order valence-corrected chi connectivity index (χ3v) is 4.27. The molecule has 1 heterocycles. The first-order valence-electron chi connectivity index (χ1n) is 9.27.